The van der Waals surface area contributed by atoms with Gasteiger partial charge in [0.15, 0.2) is 0 Å². The average Bonchev–Trinajstić information content (AvgIpc) is 3.27. The first-order chi connectivity index (χ1) is 16.0. The molecule has 13 heteroatoms. The number of aliphatic hydroxyl groups excluding tert-OH is 1. The predicted molar refractivity (Wildman–Crippen MR) is 128 cm³/mol. The van der Waals surface area contributed by atoms with Crippen LogP contribution in [-0.2, 0) is 25.6 Å². The number of hydrogen-bond acceptors (Lipinski definition) is 8. The maximum absolute atomic E-state index is 13.1. The van der Waals surface area contributed by atoms with Gasteiger partial charge in [0.05, 0.1) is 12.4 Å². The third kappa shape index (κ3) is 10.1. The van der Waals surface area contributed by atoms with Gasteiger partial charge in [0.25, 0.3) is 0 Å². The number of H-pyrrole nitrogens is 1. The number of carboxylic acid groups (broad SMARTS) is 1. The quantitative estimate of drug-likeness (QED) is 0.158. The van der Waals surface area contributed by atoms with Crippen LogP contribution >= 0.6 is 11.8 Å². The molecule has 0 saturated heterocycles. The molecule has 0 saturated carbocycles. The molecule has 0 spiro atoms. The second-order valence-electron chi connectivity index (χ2n) is 8.48. The molecule has 1 aromatic rings. The molecular weight excluding hydrogens is 464 g/mol. The van der Waals surface area contributed by atoms with Gasteiger partial charge in [-0.25, -0.2) is 9.78 Å². The predicted octanol–water partition coefficient (Wildman–Crippen LogP) is -1.00. The number of aliphatic hydroxyl groups is 1. The Labute approximate surface area is 203 Å². The van der Waals surface area contributed by atoms with Gasteiger partial charge in [-0.2, -0.15) is 11.8 Å². The van der Waals surface area contributed by atoms with Gasteiger partial charge in [0.2, 0.25) is 17.7 Å². The van der Waals surface area contributed by atoms with E-state index in [2.05, 4.69) is 25.9 Å². The molecule has 1 heterocycles. The van der Waals surface area contributed by atoms with Crippen molar-refractivity contribution in [2.75, 3.05) is 12.0 Å². The van der Waals surface area contributed by atoms with Crippen molar-refractivity contribution in [2.24, 2.45) is 11.7 Å². The minimum Gasteiger partial charge on any atom is -0.480 e. The van der Waals surface area contributed by atoms with Gasteiger partial charge in [-0.1, -0.05) is 13.8 Å². The zero-order chi connectivity index (χ0) is 25.8. The topological polar surface area (TPSA) is 200 Å². The number of carboxylic acids is 1. The first-order valence-corrected chi connectivity index (χ1v) is 12.4. The molecular formula is C21H36N6O6S. The van der Waals surface area contributed by atoms with Gasteiger partial charge in [-0.05, 0) is 37.7 Å². The van der Waals surface area contributed by atoms with Crippen LogP contribution in [0.15, 0.2) is 12.5 Å². The zero-order valence-corrected chi connectivity index (χ0v) is 20.7. The highest BCUT2D eigenvalue weighted by Crippen LogP contribution is 2.08. The highest BCUT2D eigenvalue weighted by molar-refractivity contribution is 7.98. The molecule has 34 heavy (non-hydrogen) atoms. The summed E-state index contributed by atoms with van der Waals surface area (Å²) in [6, 6.07) is -4.47. The Morgan fingerprint density at radius 1 is 1.06 bits per heavy atom. The number of hydrogen-bond donors (Lipinski definition) is 7. The van der Waals surface area contributed by atoms with Crippen molar-refractivity contribution in [2.45, 2.75) is 70.3 Å². The summed E-state index contributed by atoms with van der Waals surface area (Å²) in [5.41, 5.74) is 6.24. The molecule has 0 aliphatic rings. The lowest BCUT2D eigenvalue weighted by molar-refractivity contribution is -0.142. The fraction of sp³-hybridized carbons (Fsp3) is 0.667. The van der Waals surface area contributed by atoms with E-state index in [1.165, 1.54) is 31.2 Å². The molecule has 8 N–H and O–H groups in total. The van der Waals surface area contributed by atoms with E-state index >= 15 is 0 Å². The van der Waals surface area contributed by atoms with E-state index in [0.717, 1.165) is 0 Å². The van der Waals surface area contributed by atoms with Crippen LogP contribution in [0.3, 0.4) is 0 Å². The van der Waals surface area contributed by atoms with E-state index in [-0.39, 0.29) is 25.2 Å². The van der Waals surface area contributed by atoms with E-state index in [4.69, 9.17) is 5.73 Å². The van der Waals surface area contributed by atoms with E-state index in [9.17, 15) is 29.4 Å². The van der Waals surface area contributed by atoms with Crippen molar-refractivity contribution in [1.29, 1.82) is 0 Å². The number of rotatable bonds is 15. The van der Waals surface area contributed by atoms with E-state index in [1.807, 2.05) is 20.1 Å². The van der Waals surface area contributed by atoms with E-state index in [1.54, 1.807) is 0 Å². The molecule has 192 valence electrons. The smallest absolute Gasteiger partial charge is 0.326 e. The number of nitrogens with two attached hydrogens (primary N) is 1. The molecule has 0 aromatic carbocycles. The summed E-state index contributed by atoms with van der Waals surface area (Å²) < 4.78 is 0. The second-order valence-corrected chi connectivity index (χ2v) is 9.47. The summed E-state index contributed by atoms with van der Waals surface area (Å²) in [5.74, 6) is -2.60. The molecule has 1 aromatic heterocycles. The SMILES string of the molecule is CSCCC(NC(=O)C(Cc1cnc[nH]1)NC(=O)C(N)C(C)O)C(=O)NC(CC(C)C)C(=O)O. The standard InChI is InChI=1S/C21H36N6O6S/c1-11(2)7-16(21(32)33)27-18(29)14(5-6-34-4)25-19(30)15(8-13-9-23-10-24-13)26-20(31)17(22)12(3)28/h9-12,14-17,28H,5-8,22H2,1-4H3,(H,23,24)(H,25,30)(H,26,31)(H,27,29)(H,32,33). The normalized spacial score (nSPS) is 15.6. The Bertz CT molecular complexity index is 804. The van der Waals surface area contributed by atoms with Gasteiger partial charge in [-0.15, -0.1) is 0 Å². The van der Waals surface area contributed by atoms with Gasteiger partial charge >= 0.3 is 5.97 Å². The summed E-state index contributed by atoms with van der Waals surface area (Å²) in [5, 5.41) is 26.7. The van der Waals surface area contributed by atoms with Crippen molar-refractivity contribution in [3.63, 3.8) is 0 Å². The van der Waals surface area contributed by atoms with Crippen LogP contribution in [0.2, 0.25) is 0 Å². The van der Waals surface area contributed by atoms with E-state index in [0.29, 0.717) is 11.4 Å². The maximum Gasteiger partial charge on any atom is 0.326 e. The molecule has 0 fully saturated rings. The van der Waals surface area contributed by atoms with Crippen molar-refractivity contribution in [3.8, 4) is 0 Å². The largest absolute Gasteiger partial charge is 0.480 e. The van der Waals surface area contributed by atoms with Crippen LogP contribution in [0, 0.1) is 5.92 Å². The maximum atomic E-state index is 13.1. The number of carbonyl (C=O) groups excluding carboxylic acids is 3. The number of amides is 3. The highest BCUT2D eigenvalue weighted by atomic mass is 32.2. The van der Waals surface area contributed by atoms with Gasteiger partial charge in [0, 0.05) is 18.3 Å². The van der Waals surface area contributed by atoms with Crippen LogP contribution in [0.4, 0.5) is 0 Å². The minimum atomic E-state index is -1.25. The van der Waals surface area contributed by atoms with Crippen LogP contribution in [-0.4, -0.2) is 86.2 Å². The lowest BCUT2D eigenvalue weighted by Gasteiger charge is -2.25. The van der Waals surface area contributed by atoms with Crippen LogP contribution in [0.5, 0.6) is 0 Å². The fourth-order valence-corrected chi connectivity index (χ4v) is 3.53. The lowest BCUT2D eigenvalue weighted by Crippen LogP contribution is -2.58. The van der Waals surface area contributed by atoms with Crippen molar-refractivity contribution < 1.29 is 29.4 Å². The highest BCUT2D eigenvalue weighted by Gasteiger charge is 2.31. The van der Waals surface area contributed by atoms with Gasteiger partial charge in [0.1, 0.15) is 24.2 Å². The first kappa shape index (κ1) is 29.4. The number of nitrogens with zero attached hydrogens (tertiary/aromatic N) is 1. The molecule has 0 aliphatic heterocycles. The molecule has 3 amide bonds. The minimum absolute atomic E-state index is 0.0338. The summed E-state index contributed by atoms with van der Waals surface area (Å²) >= 11 is 1.47. The summed E-state index contributed by atoms with van der Waals surface area (Å²) in [6.07, 6.45) is 4.14. The third-order valence-electron chi connectivity index (χ3n) is 5.00. The summed E-state index contributed by atoms with van der Waals surface area (Å²) in [6.45, 7) is 5.04. The summed E-state index contributed by atoms with van der Waals surface area (Å²) in [4.78, 5) is 56.7. The number of carbonyl (C=O) groups is 4. The Balaban J connectivity index is 3.03. The number of nitrogens with one attached hydrogen (secondary N) is 4. The number of aromatic amines is 1. The Morgan fingerprint density at radius 2 is 1.65 bits per heavy atom. The van der Waals surface area contributed by atoms with Crippen LogP contribution in [0.25, 0.3) is 0 Å². The van der Waals surface area contributed by atoms with Gasteiger partial charge in [-0.3, -0.25) is 14.4 Å². The Kier molecular flexibility index (Phi) is 12.6. The number of aliphatic carboxylic acids is 1. The van der Waals surface area contributed by atoms with Gasteiger partial charge < -0.3 is 36.9 Å². The van der Waals surface area contributed by atoms with Crippen molar-refractivity contribution >= 4 is 35.5 Å². The Hall–Kier alpha value is -2.64. The molecule has 1 rings (SSSR count). The van der Waals surface area contributed by atoms with Crippen molar-refractivity contribution in [1.82, 2.24) is 25.9 Å². The third-order valence-corrected chi connectivity index (χ3v) is 5.64. The number of aromatic nitrogens is 2. The number of thioether (sulfide) groups is 1. The van der Waals surface area contributed by atoms with Crippen LogP contribution in [0.1, 0.15) is 39.3 Å². The molecule has 0 bridgehead atoms. The average molecular weight is 501 g/mol. The van der Waals surface area contributed by atoms with Crippen LogP contribution < -0.4 is 21.7 Å². The van der Waals surface area contributed by atoms with Crippen molar-refractivity contribution in [3.05, 3.63) is 18.2 Å². The first-order valence-electron chi connectivity index (χ1n) is 11.0. The molecule has 12 nitrogen and oxygen atoms in total. The zero-order valence-electron chi connectivity index (χ0n) is 19.9. The molecule has 5 atom stereocenters. The molecule has 5 unspecified atom stereocenters. The fourth-order valence-electron chi connectivity index (χ4n) is 3.05. The monoisotopic (exact) mass is 500 g/mol. The van der Waals surface area contributed by atoms with E-state index < -0.39 is 54.0 Å². The summed E-state index contributed by atoms with van der Waals surface area (Å²) in [7, 11) is 0. The molecule has 0 radical (unpaired) electrons. The second kappa shape index (κ2) is 14.6. The molecule has 0 aliphatic carbocycles. The Morgan fingerprint density at radius 3 is 2.15 bits per heavy atom. The lowest BCUT2D eigenvalue weighted by atomic mass is 10.0. The number of imidazole rings is 1.